The molecule has 0 aromatic carbocycles. The van der Waals surface area contributed by atoms with E-state index in [0.29, 0.717) is 0 Å². The standard InChI is InChI=1S/C14H15N3OS2/c1-10-12(5-7-18-10)13-15-16-14(17(13)2)20-9-6-11-4-3-8-19-11/h3-5,7-8H,6,9H2,1-2H3. The number of hydrogen-bond donors (Lipinski definition) is 0. The quantitative estimate of drug-likeness (QED) is 0.673. The van der Waals surface area contributed by atoms with E-state index in [0.717, 1.165) is 34.5 Å². The van der Waals surface area contributed by atoms with Crippen molar-refractivity contribution in [2.24, 2.45) is 7.05 Å². The molecular formula is C14H15N3OS2. The molecule has 104 valence electrons. The van der Waals surface area contributed by atoms with Gasteiger partial charge in [-0.25, -0.2) is 0 Å². The summed E-state index contributed by atoms with van der Waals surface area (Å²) < 4.78 is 7.35. The summed E-state index contributed by atoms with van der Waals surface area (Å²) in [6, 6.07) is 6.19. The predicted octanol–water partition coefficient (Wildman–Crippen LogP) is 3.78. The first-order valence-corrected chi connectivity index (χ1v) is 8.21. The minimum atomic E-state index is 0.856. The van der Waals surface area contributed by atoms with Crippen molar-refractivity contribution in [3.05, 3.63) is 40.5 Å². The van der Waals surface area contributed by atoms with E-state index in [9.17, 15) is 0 Å². The van der Waals surface area contributed by atoms with Crippen LogP contribution in [0.5, 0.6) is 0 Å². The molecular weight excluding hydrogens is 290 g/mol. The lowest BCUT2D eigenvalue weighted by molar-refractivity contribution is 0.534. The van der Waals surface area contributed by atoms with E-state index in [1.54, 1.807) is 29.4 Å². The van der Waals surface area contributed by atoms with Crippen molar-refractivity contribution >= 4 is 23.1 Å². The number of nitrogens with zero attached hydrogens (tertiary/aromatic N) is 3. The zero-order chi connectivity index (χ0) is 13.9. The van der Waals surface area contributed by atoms with Crippen LogP contribution >= 0.6 is 23.1 Å². The molecule has 0 amide bonds. The normalized spacial score (nSPS) is 11.1. The molecule has 3 heterocycles. The van der Waals surface area contributed by atoms with Crippen LogP contribution in [0.1, 0.15) is 10.6 Å². The molecule has 0 aliphatic carbocycles. The molecule has 0 N–H and O–H groups in total. The minimum Gasteiger partial charge on any atom is -0.469 e. The fraction of sp³-hybridized carbons (Fsp3) is 0.286. The first-order chi connectivity index (χ1) is 9.75. The molecule has 4 nitrogen and oxygen atoms in total. The van der Waals surface area contributed by atoms with Crippen LogP contribution in [0.25, 0.3) is 11.4 Å². The first kappa shape index (κ1) is 13.5. The summed E-state index contributed by atoms with van der Waals surface area (Å²) in [4.78, 5) is 1.41. The Bertz CT molecular complexity index is 685. The summed E-state index contributed by atoms with van der Waals surface area (Å²) in [6.07, 6.45) is 2.75. The van der Waals surface area contributed by atoms with Crippen LogP contribution in [0, 0.1) is 6.92 Å². The van der Waals surface area contributed by atoms with Gasteiger partial charge in [-0.15, -0.1) is 21.5 Å². The number of aromatic nitrogens is 3. The van der Waals surface area contributed by atoms with Crippen LogP contribution < -0.4 is 0 Å². The van der Waals surface area contributed by atoms with E-state index in [-0.39, 0.29) is 0 Å². The minimum absolute atomic E-state index is 0.856. The number of aryl methyl sites for hydroxylation is 2. The number of thiophene rings is 1. The number of furan rings is 1. The second kappa shape index (κ2) is 5.85. The lowest BCUT2D eigenvalue weighted by Gasteiger charge is -2.02. The van der Waals surface area contributed by atoms with Gasteiger partial charge < -0.3 is 8.98 Å². The highest BCUT2D eigenvalue weighted by Crippen LogP contribution is 2.26. The molecule has 20 heavy (non-hydrogen) atoms. The molecule has 0 spiro atoms. The molecule has 0 fully saturated rings. The Balaban J connectivity index is 1.69. The molecule has 3 aromatic rings. The van der Waals surface area contributed by atoms with Gasteiger partial charge in [0.1, 0.15) is 5.76 Å². The van der Waals surface area contributed by atoms with Crippen LogP contribution in [-0.2, 0) is 13.5 Å². The summed E-state index contributed by atoms with van der Waals surface area (Å²) in [5.74, 6) is 2.74. The number of hydrogen-bond acceptors (Lipinski definition) is 5. The zero-order valence-electron chi connectivity index (χ0n) is 11.4. The molecule has 0 aliphatic heterocycles. The van der Waals surface area contributed by atoms with Gasteiger partial charge in [-0.05, 0) is 30.9 Å². The first-order valence-electron chi connectivity index (χ1n) is 6.34. The van der Waals surface area contributed by atoms with Gasteiger partial charge in [0.15, 0.2) is 11.0 Å². The lowest BCUT2D eigenvalue weighted by Crippen LogP contribution is -1.96. The summed E-state index contributed by atoms with van der Waals surface area (Å²) in [5.41, 5.74) is 1.00. The van der Waals surface area contributed by atoms with Gasteiger partial charge in [-0.2, -0.15) is 0 Å². The molecule has 0 bridgehead atoms. The maximum Gasteiger partial charge on any atom is 0.191 e. The summed E-state index contributed by atoms with van der Waals surface area (Å²) in [5, 5.41) is 11.6. The van der Waals surface area contributed by atoms with Gasteiger partial charge in [-0.3, -0.25) is 0 Å². The van der Waals surface area contributed by atoms with Crippen molar-refractivity contribution in [3.63, 3.8) is 0 Å². The van der Waals surface area contributed by atoms with Crippen molar-refractivity contribution < 1.29 is 4.42 Å². The average Bonchev–Trinajstić information content (AvgIpc) is 3.14. The summed E-state index contributed by atoms with van der Waals surface area (Å²) in [7, 11) is 2.00. The fourth-order valence-electron chi connectivity index (χ4n) is 1.99. The number of rotatable bonds is 5. The van der Waals surface area contributed by atoms with Crippen molar-refractivity contribution in [3.8, 4) is 11.4 Å². The Labute approximate surface area is 125 Å². The maximum absolute atomic E-state index is 5.33. The predicted molar refractivity (Wildman–Crippen MR) is 82.2 cm³/mol. The van der Waals surface area contributed by atoms with Crippen LogP contribution in [-0.4, -0.2) is 20.5 Å². The molecule has 0 radical (unpaired) electrons. The zero-order valence-corrected chi connectivity index (χ0v) is 13.0. The van der Waals surface area contributed by atoms with E-state index in [4.69, 9.17) is 4.42 Å². The summed E-state index contributed by atoms with van der Waals surface area (Å²) >= 11 is 3.53. The topological polar surface area (TPSA) is 43.9 Å². The third-order valence-electron chi connectivity index (χ3n) is 3.09. The molecule has 0 saturated carbocycles. The summed E-state index contributed by atoms with van der Waals surface area (Å²) in [6.45, 7) is 1.94. The molecule has 3 aromatic heterocycles. The van der Waals surface area contributed by atoms with E-state index < -0.39 is 0 Å². The number of thioether (sulfide) groups is 1. The van der Waals surface area contributed by atoms with E-state index in [1.165, 1.54) is 4.88 Å². The maximum atomic E-state index is 5.33. The molecule has 3 rings (SSSR count). The molecule has 0 atom stereocenters. The Kier molecular flexibility index (Phi) is 3.93. The lowest BCUT2D eigenvalue weighted by atomic mass is 10.2. The highest BCUT2D eigenvalue weighted by atomic mass is 32.2. The Morgan fingerprint density at radius 3 is 2.95 bits per heavy atom. The van der Waals surface area contributed by atoms with Crippen molar-refractivity contribution in [1.29, 1.82) is 0 Å². The second-order valence-corrected chi connectivity index (χ2v) is 6.53. The highest BCUT2D eigenvalue weighted by Gasteiger charge is 2.14. The Hall–Kier alpha value is -1.53. The fourth-order valence-corrected chi connectivity index (χ4v) is 3.71. The van der Waals surface area contributed by atoms with E-state index >= 15 is 0 Å². The van der Waals surface area contributed by atoms with Gasteiger partial charge in [-0.1, -0.05) is 17.8 Å². The van der Waals surface area contributed by atoms with E-state index in [1.807, 2.05) is 24.6 Å². The smallest absolute Gasteiger partial charge is 0.191 e. The van der Waals surface area contributed by atoms with Crippen molar-refractivity contribution in [2.75, 3.05) is 5.75 Å². The van der Waals surface area contributed by atoms with Crippen LogP contribution in [0.3, 0.4) is 0 Å². The van der Waals surface area contributed by atoms with Gasteiger partial charge in [0, 0.05) is 17.7 Å². The highest BCUT2D eigenvalue weighted by molar-refractivity contribution is 7.99. The molecule has 6 heteroatoms. The Morgan fingerprint density at radius 1 is 1.35 bits per heavy atom. The molecule has 0 aliphatic rings. The van der Waals surface area contributed by atoms with E-state index in [2.05, 4.69) is 27.7 Å². The average molecular weight is 305 g/mol. The van der Waals surface area contributed by atoms with Gasteiger partial charge >= 0.3 is 0 Å². The van der Waals surface area contributed by atoms with Crippen LogP contribution in [0.4, 0.5) is 0 Å². The monoisotopic (exact) mass is 305 g/mol. The van der Waals surface area contributed by atoms with Gasteiger partial charge in [0.2, 0.25) is 0 Å². The molecule has 0 unspecified atom stereocenters. The van der Waals surface area contributed by atoms with Crippen LogP contribution in [0.2, 0.25) is 0 Å². The SMILES string of the molecule is Cc1occc1-c1nnc(SCCc2cccs2)n1C. The molecule has 0 saturated heterocycles. The largest absolute Gasteiger partial charge is 0.469 e. The van der Waals surface area contributed by atoms with Crippen LogP contribution in [0.15, 0.2) is 39.4 Å². The van der Waals surface area contributed by atoms with Crippen molar-refractivity contribution in [2.45, 2.75) is 18.5 Å². The second-order valence-electron chi connectivity index (χ2n) is 4.43. The van der Waals surface area contributed by atoms with Gasteiger partial charge in [0.25, 0.3) is 0 Å². The third-order valence-corrected chi connectivity index (χ3v) is 5.05. The Morgan fingerprint density at radius 2 is 2.25 bits per heavy atom. The van der Waals surface area contributed by atoms with Crippen molar-refractivity contribution in [1.82, 2.24) is 14.8 Å². The third kappa shape index (κ3) is 2.66. The van der Waals surface area contributed by atoms with Gasteiger partial charge in [0.05, 0.1) is 11.8 Å².